The summed E-state index contributed by atoms with van der Waals surface area (Å²) in [5, 5.41) is 3.30. The Morgan fingerprint density at radius 1 is 1.47 bits per heavy atom. The third-order valence-corrected chi connectivity index (χ3v) is 3.42. The average molecular weight is 283 g/mol. The van der Waals surface area contributed by atoms with Crippen LogP contribution in [0.25, 0.3) is 0 Å². The summed E-state index contributed by atoms with van der Waals surface area (Å²) in [5.74, 6) is -0.185. The lowest BCUT2D eigenvalue weighted by Crippen LogP contribution is -2.42. The maximum atomic E-state index is 11.9. The minimum atomic E-state index is -0.201. The minimum absolute atomic E-state index is 0.0165. The molecule has 0 saturated heterocycles. The summed E-state index contributed by atoms with van der Waals surface area (Å²) in [7, 11) is 0. The van der Waals surface area contributed by atoms with Crippen molar-refractivity contribution in [3.05, 3.63) is 11.1 Å². The van der Waals surface area contributed by atoms with Crippen LogP contribution in [-0.4, -0.2) is 34.3 Å². The molecular weight excluding hydrogens is 262 g/mol. The smallest absolute Gasteiger partial charge is 0.245 e. The Balaban J connectivity index is 2.59. The van der Waals surface area contributed by atoms with Gasteiger partial charge in [0.05, 0.1) is 0 Å². The molecule has 1 rings (SSSR count). The molecule has 0 aliphatic carbocycles. The molecule has 106 valence electrons. The fourth-order valence-corrected chi connectivity index (χ4v) is 2.32. The molecule has 0 bridgehead atoms. The molecule has 5 nitrogen and oxygen atoms in total. The zero-order chi connectivity index (χ0) is 14.4. The Labute approximate surface area is 118 Å². The van der Waals surface area contributed by atoms with Gasteiger partial charge in [0, 0.05) is 23.5 Å². The van der Waals surface area contributed by atoms with Crippen LogP contribution in [0, 0.1) is 6.92 Å². The second-order valence-electron chi connectivity index (χ2n) is 4.69. The number of hydrogen-bond acceptors (Lipinski definition) is 4. The predicted molar refractivity (Wildman–Crippen MR) is 77.2 cm³/mol. The summed E-state index contributed by atoms with van der Waals surface area (Å²) in [4.78, 5) is 30.5. The molecule has 19 heavy (non-hydrogen) atoms. The van der Waals surface area contributed by atoms with Gasteiger partial charge in [-0.05, 0) is 27.2 Å². The number of amides is 2. The normalized spacial score (nSPS) is 10.6. The molecule has 2 amide bonds. The van der Waals surface area contributed by atoms with Crippen molar-refractivity contribution in [2.75, 3.05) is 11.9 Å². The second-order valence-corrected chi connectivity index (χ2v) is 5.92. The largest absolute Gasteiger partial charge is 0.331 e. The summed E-state index contributed by atoms with van der Waals surface area (Å²) in [5.41, 5.74) is 0. The number of carbonyl (C=O) groups excluding carboxylic acids is 2. The van der Waals surface area contributed by atoms with E-state index in [1.54, 1.807) is 11.1 Å². The second kappa shape index (κ2) is 7.23. The number of anilines is 1. The molecule has 0 aliphatic heterocycles. The fourth-order valence-electron chi connectivity index (χ4n) is 1.64. The average Bonchev–Trinajstić information content (AvgIpc) is 2.71. The van der Waals surface area contributed by atoms with Crippen LogP contribution in [0.2, 0.25) is 0 Å². The minimum Gasteiger partial charge on any atom is -0.331 e. The first-order chi connectivity index (χ1) is 8.93. The topological polar surface area (TPSA) is 62.3 Å². The lowest BCUT2D eigenvalue weighted by molar-refractivity contribution is -0.136. The number of aromatic nitrogens is 1. The van der Waals surface area contributed by atoms with Crippen molar-refractivity contribution >= 4 is 28.3 Å². The molecule has 6 heteroatoms. The van der Waals surface area contributed by atoms with E-state index < -0.39 is 0 Å². The van der Waals surface area contributed by atoms with Crippen molar-refractivity contribution in [2.24, 2.45) is 0 Å². The number of aryl methyl sites for hydroxylation is 1. The molecule has 0 spiro atoms. The monoisotopic (exact) mass is 283 g/mol. The van der Waals surface area contributed by atoms with Gasteiger partial charge in [-0.2, -0.15) is 0 Å². The van der Waals surface area contributed by atoms with Crippen LogP contribution in [0.1, 0.15) is 38.5 Å². The first kappa shape index (κ1) is 15.6. The zero-order valence-electron chi connectivity index (χ0n) is 11.9. The van der Waals surface area contributed by atoms with Crippen molar-refractivity contribution in [3.63, 3.8) is 0 Å². The Morgan fingerprint density at radius 2 is 2.16 bits per heavy atom. The van der Waals surface area contributed by atoms with E-state index in [9.17, 15) is 9.59 Å². The van der Waals surface area contributed by atoms with Gasteiger partial charge in [-0.3, -0.25) is 9.59 Å². The summed E-state index contributed by atoms with van der Waals surface area (Å²) >= 11 is 1.42. The Hall–Kier alpha value is -1.43. The molecule has 0 unspecified atom stereocenters. The summed E-state index contributed by atoms with van der Waals surface area (Å²) in [6.07, 6.45) is 2.97. The van der Waals surface area contributed by atoms with Crippen LogP contribution in [0.15, 0.2) is 6.20 Å². The number of thiazole rings is 1. The van der Waals surface area contributed by atoms with Crippen LogP contribution < -0.4 is 5.32 Å². The number of nitrogens with one attached hydrogen (secondary N) is 1. The lowest BCUT2D eigenvalue weighted by atomic mass is 10.2. The SMILES string of the molecule is CCCC(=O)N(CC(=O)Nc1ncc(C)s1)C(C)C. The highest BCUT2D eigenvalue weighted by Gasteiger charge is 2.19. The standard InChI is InChI=1S/C13H21N3O2S/c1-5-6-12(18)16(9(2)3)8-11(17)15-13-14-7-10(4)19-13/h7,9H,5-6,8H2,1-4H3,(H,14,15,17). The zero-order valence-corrected chi connectivity index (χ0v) is 12.7. The molecule has 0 aliphatic rings. The molecule has 1 N–H and O–H groups in total. The van der Waals surface area contributed by atoms with Crippen molar-refractivity contribution in [1.82, 2.24) is 9.88 Å². The van der Waals surface area contributed by atoms with Gasteiger partial charge in [0.2, 0.25) is 11.8 Å². The van der Waals surface area contributed by atoms with Crippen LogP contribution >= 0.6 is 11.3 Å². The van der Waals surface area contributed by atoms with Gasteiger partial charge in [0.25, 0.3) is 0 Å². The van der Waals surface area contributed by atoms with E-state index in [2.05, 4.69) is 10.3 Å². The lowest BCUT2D eigenvalue weighted by Gasteiger charge is -2.25. The van der Waals surface area contributed by atoms with Crippen LogP contribution in [0.4, 0.5) is 5.13 Å². The molecule has 1 aromatic heterocycles. The molecule has 0 radical (unpaired) electrons. The van der Waals surface area contributed by atoms with Crippen molar-refractivity contribution in [2.45, 2.75) is 46.6 Å². The van der Waals surface area contributed by atoms with Crippen LogP contribution in [0.5, 0.6) is 0 Å². The highest BCUT2D eigenvalue weighted by atomic mass is 32.1. The summed E-state index contributed by atoms with van der Waals surface area (Å²) in [6.45, 7) is 7.78. The maximum absolute atomic E-state index is 11.9. The molecule has 0 aromatic carbocycles. The number of nitrogens with zero attached hydrogens (tertiary/aromatic N) is 2. The highest BCUT2D eigenvalue weighted by Crippen LogP contribution is 2.16. The third-order valence-electron chi connectivity index (χ3n) is 2.59. The van der Waals surface area contributed by atoms with Gasteiger partial charge in [-0.25, -0.2) is 4.98 Å². The molecular formula is C13H21N3O2S. The molecule has 1 aromatic rings. The molecule has 0 fully saturated rings. The van der Waals surface area contributed by atoms with Crippen LogP contribution in [-0.2, 0) is 9.59 Å². The summed E-state index contributed by atoms with van der Waals surface area (Å²) in [6, 6.07) is 0.0165. The first-order valence-electron chi connectivity index (χ1n) is 6.45. The van der Waals surface area contributed by atoms with E-state index >= 15 is 0 Å². The highest BCUT2D eigenvalue weighted by molar-refractivity contribution is 7.15. The van der Waals surface area contributed by atoms with Gasteiger partial charge in [-0.1, -0.05) is 6.92 Å². The van der Waals surface area contributed by atoms with Gasteiger partial charge < -0.3 is 10.2 Å². The molecule has 0 saturated carbocycles. The van der Waals surface area contributed by atoms with E-state index in [1.807, 2.05) is 27.7 Å². The van der Waals surface area contributed by atoms with Gasteiger partial charge >= 0.3 is 0 Å². The van der Waals surface area contributed by atoms with Crippen LogP contribution in [0.3, 0.4) is 0 Å². The number of rotatable bonds is 6. The van der Waals surface area contributed by atoms with Gasteiger partial charge in [0.1, 0.15) is 6.54 Å². The van der Waals surface area contributed by atoms with Crippen molar-refractivity contribution in [3.8, 4) is 0 Å². The Morgan fingerprint density at radius 3 is 2.63 bits per heavy atom. The third kappa shape index (κ3) is 4.98. The number of carbonyl (C=O) groups is 2. The van der Waals surface area contributed by atoms with E-state index in [4.69, 9.17) is 0 Å². The predicted octanol–water partition coefficient (Wildman–Crippen LogP) is 2.43. The Kier molecular flexibility index (Phi) is 5.95. The molecule has 0 atom stereocenters. The van der Waals surface area contributed by atoms with Crippen molar-refractivity contribution < 1.29 is 9.59 Å². The van der Waals surface area contributed by atoms with E-state index in [0.717, 1.165) is 11.3 Å². The van der Waals surface area contributed by atoms with Crippen molar-refractivity contribution in [1.29, 1.82) is 0 Å². The Bertz CT molecular complexity index is 443. The number of hydrogen-bond donors (Lipinski definition) is 1. The van der Waals surface area contributed by atoms with Gasteiger partial charge in [-0.15, -0.1) is 11.3 Å². The first-order valence-corrected chi connectivity index (χ1v) is 7.27. The van der Waals surface area contributed by atoms with E-state index in [0.29, 0.717) is 11.6 Å². The summed E-state index contributed by atoms with van der Waals surface area (Å²) < 4.78 is 0. The fraction of sp³-hybridized carbons (Fsp3) is 0.615. The van der Waals surface area contributed by atoms with E-state index in [1.165, 1.54) is 11.3 Å². The molecule has 1 heterocycles. The van der Waals surface area contributed by atoms with Gasteiger partial charge in [0.15, 0.2) is 5.13 Å². The van der Waals surface area contributed by atoms with E-state index in [-0.39, 0.29) is 24.4 Å². The maximum Gasteiger partial charge on any atom is 0.245 e. The quantitative estimate of drug-likeness (QED) is 0.872.